The third-order valence-corrected chi connectivity index (χ3v) is 5.47. The van der Waals surface area contributed by atoms with Gasteiger partial charge in [0, 0.05) is 18.8 Å². The lowest BCUT2D eigenvalue weighted by atomic mass is 9.81. The van der Waals surface area contributed by atoms with Crippen LogP contribution in [0.2, 0.25) is 0 Å². The summed E-state index contributed by atoms with van der Waals surface area (Å²) >= 11 is 0. The van der Waals surface area contributed by atoms with Crippen molar-refractivity contribution in [1.29, 1.82) is 0 Å². The Bertz CT molecular complexity index is 570. The summed E-state index contributed by atoms with van der Waals surface area (Å²) in [5, 5.41) is 0. The molecule has 1 saturated heterocycles. The zero-order valence-corrected chi connectivity index (χ0v) is 14.7. The van der Waals surface area contributed by atoms with Gasteiger partial charge in [0.15, 0.2) is 0 Å². The van der Waals surface area contributed by atoms with Crippen LogP contribution in [0.1, 0.15) is 86.6 Å². The van der Waals surface area contributed by atoms with Crippen LogP contribution in [-0.4, -0.2) is 33.4 Å². The first-order chi connectivity index (χ1) is 11.1. The van der Waals surface area contributed by atoms with E-state index < -0.39 is 0 Å². The number of hydrogen-bond acceptors (Lipinski definition) is 3. The minimum Gasteiger partial charge on any atom is -0.335 e. The molecule has 3 rings (SSSR count). The van der Waals surface area contributed by atoms with Gasteiger partial charge in [-0.25, -0.2) is 9.97 Å². The number of hydrogen-bond donors (Lipinski definition) is 0. The molecule has 0 bridgehead atoms. The molecule has 1 amide bonds. The molecule has 2 fully saturated rings. The van der Waals surface area contributed by atoms with Crippen molar-refractivity contribution in [2.45, 2.75) is 77.7 Å². The average molecular weight is 315 g/mol. The van der Waals surface area contributed by atoms with Crippen LogP contribution in [0.15, 0.2) is 6.20 Å². The highest BCUT2D eigenvalue weighted by Crippen LogP contribution is 2.35. The van der Waals surface area contributed by atoms with Crippen molar-refractivity contribution >= 4 is 5.91 Å². The van der Waals surface area contributed by atoms with Gasteiger partial charge in [-0.2, -0.15) is 0 Å². The number of carbonyl (C=O) groups is 1. The fourth-order valence-corrected chi connectivity index (χ4v) is 4.29. The van der Waals surface area contributed by atoms with E-state index in [0.29, 0.717) is 12.0 Å². The molecule has 126 valence electrons. The van der Waals surface area contributed by atoms with E-state index in [-0.39, 0.29) is 11.8 Å². The lowest BCUT2D eigenvalue weighted by molar-refractivity contribution is 0.0566. The molecule has 0 N–H and O–H groups in total. The molecule has 23 heavy (non-hydrogen) atoms. The van der Waals surface area contributed by atoms with Crippen LogP contribution in [0.3, 0.4) is 0 Å². The minimum absolute atomic E-state index is 0.160. The van der Waals surface area contributed by atoms with Gasteiger partial charge in [-0.3, -0.25) is 4.79 Å². The molecule has 4 nitrogen and oxygen atoms in total. The number of nitrogens with zero attached hydrogens (tertiary/aromatic N) is 3. The Labute approximate surface area is 139 Å². The van der Waals surface area contributed by atoms with Crippen LogP contribution < -0.4 is 0 Å². The maximum Gasteiger partial charge on any atom is 0.257 e. The number of rotatable bonds is 2. The monoisotopic (exact) mass is 315 g/mol. The lowest BCUT2D eigenvalue weighted by Crippen LogP contribution is -2.45. The first-order valence-corrected chi connectivity index (χ1v) is 9.22. The Hall–Kier alpha value is -1.45. The number of aryl methyl sites for hydroxylation is 1. The fraction of sp³-hybridized carbons (Fsp3) is 0.737. The third kappa shape index (κ3) is 3.41. The summed E-state index contributed by atoms with van der Waals surface area (Å²) in [6.45, 7) is 6.99. The number of amides is 1. The van der Waals surface area contributed by atoms with Gasteiger partial charge in [-0.15, -0.1) is 0 Å². The highest BCUT2D eigenvalue weighted by molar-refractivity contribution is 5.95. The molecule has 0 spiro atoms. The van der Waals surface area contributed by atoms with Crippen molar-refractivity contribution < 1.29 is 4.79 Å². The van der Waals surface area contributed by atoms with Crippen molar-refractivity contribution in [1.82, 2.24) is 14.9 Å². The second kappa shape index (κ2) is 6.98. The fourth-order valence-electron chi connectivity index (χ4n) is 4.29. The van der Waals surface area contributed by atoms with Gasteiger partial charge in [0.1, 0.15) is 5.82 Å². The molecule has 1 aromatic rings. The van der Waals surface area contributed by atoms with Crippen LogP contribution in [0.5, 0.6) is 0 Å². The topological polar surface area (TPSA) is 46.1 Å². The molecule has 2 atom stereocenters. The molecule has 0 aromatic carbocycles. The van der Waals surface area contributed by atoms with Crippen LogP contribution >= 0.6 is 0 Å². The van der Waals surface area contributed by atoms with Gasteiger partial charge in [0.2, 0.25) is 0 Å². The normalized spacial score (nSPS) is 25.1. The molecule has 1 saturated carbocycles. The molecule has 1 aliphatic carbocycles. The molecule has 0 unspecified atom stereocenters. The van der Waals surface area contributed by atoms with E-state index in [4.69, 9.17) is 0 Å². The largest absolute Gasteiger partial charge is 0.335 e. The van der Waals surface area contributed by atoms with Crippen LogP contribution in [-0.2, 0) is 0 Å². The van der Waals surface area contributed by atoms with Gasteiger partial charge in [0.05, 0.1) is 11.3 Å². The smallest absolute Gasteiger partial charge is 0.257 e. The Morgan fingerprint density at radius 2 is 1.87 bits per heavy atom. The molecule has 1 aromatic heterocycles. The zero-order chi connectivity index (χ0) is 16.4. The number of fused-ring (bicyclic) bond motifs is 1. The molecule has 1 aliphatic heterocycles. The van der Waals surface area contributed by atoms with E-state index in [1.165, 1.54) is 38.5 Å². The van der Waals surface area contributed by atoms with Gasteiger partial charge in [-0.1, -0.05) is 33.1 Å². The number of carbonyl (C=O) groups excluding carboxylic acids is 1. The molecule has 4 heteroatoms. The first-order valence-electron chi connectivity index (χ1n) is 9.22. The molecular weight excluding hydrogens is 286 g/mol. The Morgan fingerprint density at radius 3 is 2.61 bits per heavy atom. The molecule has 2 aliphatic rings. The first kappa shape index (κ1) is 16.4. The number of aromatic nitrogens is 2. The van der Waals surface area contributed by atoms with Crippen LogP contribution in [0, 0.1) is 12.8 Å². The SMILES string of the molecule is Cc1ncc(C(=O)N2CCCC[C@@H]3CCCC[C@H]32)c(C(C)C)n1. The summed E-state index contributed by atoms with van der Waals surface area (Å²) in [5.74, 6) is 1.85. The van der Waals surface area contributed by atoms with Gasteiger partial charge < -0.3 is 4.90 Å². The maximum absolute atomic E-state index is 13.3. The highest BCUT2D eigenvalue weighted by Gasteiger charge is 2.35. The molecule has 0 radical (unpaired) electrons. The summed E-state index contributed by atoms with van der Waals surface area (Å²) in [7, 11) is 0. The number of likely N-dealkylation sites (tertiary alicyclic amines) is 1. The van der Waals surface area contributed by atoms with Crippen LogP contribution in [0.4, 0.5) is 0 Å². The van der Waals surface area contributed by atoms with Crippen molar-refractivity contribution in [2.75, 3.05) is 6.54 Å². The van der Waals surface area contributed by atoms with Crippen molar-refractivity contribution in [3.63, 3.8) is 0 Å². The van der Waals surface area contributed by atoms with Gasteiger partial charge in [-0.05, 0) is 44.4 Å². The van der Waals surface area contributed by atoms with Crippen molar-refractivity contribution in [3.05, 3.63) is 23.3 Å². The van der Waals surface area contributed by atoms with Crippen molar-refractivity contribution in [3.8, 4) is 0 Å². The van der Waals surface area contributed by atoms with E-state index in [9.17, 15) is 4.79 Å². The standard InChI is InChI=1S/C19H29N3O/c1-13(2)18-16(12-20-14(3)21-18)19(23)22-11-7-6-9-15-8-4-5-10-17(15)22/h12-13,15,17H,4-11H2,1-3H3/t15-,17+/m0/s1. The Morgan fingerprint density at radius 1 is 1.17 bits per heavy atom. The summed E-state index contributed by atoms with van der Waals surface area (Å²) < 4.78 is 0. The molecule has 2 heterocycles. The third-order valence-electron chi connectivity index (χ3n) is 5.47. The van der Waals surface area contributed by atoms with Gasteiger partial charge >= 0.3 is 0 Å². The van der Waals surface area contributed by atoms with Crippen molar-refractivity contribution in [2.24, 2.45) is 5.92 Å². The summed E-state index contributed by atoms with van der Waals surface area (Å²) in [6.07, 6.45) is 10.5. The van der Waals surface area contributed by atoms with E-state index in [0.717, 1.165) is 30.0 Å². The minimum atomic E-state index is 0.160. The summed E-state index contributed by atoms with van der Waals surface area (Å²) in [6, 6.07) is 0.431. The van der Waals surface area contributed by atoms with Crippen LogP contribution in [0.25, 0.3) is 0 Å². The van der Waals surface area contributed by atoms with E-state index in [1.807, 2.05) is 6.92 Å². The molecular formula is C19H29N3O. The van der Waals surface area contributed by atoms with Gasteiger partial charge in [0.25, 0.3) is 5.91 Å². The predicted octanol–water partition coefficient (Wildman–Crippen LogP) is 4.09. The summed E-state index contributed by atoms with van der Waals surface area (Å²) in [4.78, 5) is 24.3. The lowest BCUT2D eigenvalue weighted by Gasteiger charge is -2.38. The Balaban J connectivity index is 1.92. The van der Waals surface area contributed by atoms with E-state index >= 15 is 0 Å². The highest BCUT2D eigenvalue weighted by atomic mass is 16.2. The van der Waals surface area contributed by atoms with E-state index in [1.54, 1.807) is 6.20 Å². The predicted molar refractivity (Wildman–Crippen MR) is 91.5 cm³/mol. The second-order valence-electron chi connectivity index (χ2n) is 7.48. The second-order valence-corrected chi connectivity index (χ2v) is 7.48. The quantitative estimate of drug-likeness (QED) is 0.825. The maximum atomic E-state index is 13.3. The zero-order valence-electron chi connectivity index (χ0n) is 14.7. The average Bonchev–Trinajstić information content (AvgIpc) is 2.76. The van der Waals surface area contributed by atoms with E-state index in [2.05, 4.69) is 28.7 Å². The Kier molecular flexibility index (Phi) is 4.98. The summed E-state index contributed by atoms with van der Waals surface area (Å²) in [5.41, 5.74) is 1.62.